The van der Waals surface area contributed by atoms with Crippen molar-refractivity contribution in [2.24, 2.45) is 0 Å². The molecule has 0 N–H and O–H groups in total. The maximum absolute atomic E-state index is 2.25. The molecule has 1 heteroatoms. The van der Waals surface area contributed by atoms with Gasteiger partial charge in [0, 0.05) is 0 Å². The van der Waals surface area contributed by atoms with Gasteiger partial charge in [0.05, 0.1) is 0 Å². The van der Waals surface area contributed by atoms with Crippen molar-refractivity contribution in [1.82, 2.24) is 0 Å². The van der Waals surface area contributed by atoms with E-state index in [9.17, 15) is 0 Å². The standard InChI is InChI=1S/C5H11.CH3.Be/c1-3-5-4-2;;/h1,3-5H2,2H3;1H3;. The second-order valence-corrected chi connectivity index (χ2v) is 2.06. The number of hydrogen-bond donors (Lipinski definition) is 0. The van der Waals surface area contributed by atoms with E-state index in [0.717, 1.165) is 0 Å². The molecule has 0 aromatic carbocycles. The van der Waals surface area contributed by atoms with Crippen molar-refractivity contribution >= 4 is 8.78 Å². The van der Waals surface area contributed by atoms with E-state index in [1.54, 1.807) is 0 Å². The molecule has 0 radical (unpaired) electrons. The van der Waals surface area contributed by atoms with Crippen LogP contribution in [0.2, 0.25) is 12.8 Å². The summed E-state index contributed by atoms with van der Waals surface area (Å²) in [4.78, 5) is 0. The van der Waals surface area contributed by atoms with Crippen molar-refractivity contribution in [2.75, 3.05) is 0 Å². The zero-order valence-electron chi connectivity index (χ0n) is 5.54. The van der Waals surface area contributed by atoms with Gasteiger partial charge in [0.15, 0.2) is 0 Å². The molecule has 0 amide bonds. The van der Waals surface area contributed by atoms with E-state index in [2.05, 4.69) is 13.6 Å². The van der Waals surface area contributed by atoms with E-state index in [1.807, 2.05) is 0 Å². The van der Waals surface area contributed by atoms with Gasteiger partial charge in [-0.25, -0.2) is 0 Å². The normalized spacial score (nSPS) is 8.29. The Kier molecular flexibility index (Phi) is 6.32. The van der Waals surface area contributed by atoms with Crippen LogP contribution >= 0.6 is 0 Å². The molecule has 0 fully saturated rings. The quantitative estimate of drug-likeness (QED) is 0.371. The molecule has 0 bridgehead atoms. The van der Waals surface area contributed by atoms with Crippen LogP contribution in [0.5, 0.6) is 0 Å². The molecule has 0 aliphatic rings. The summed E-state index contributed by atoms with van der Waals surface area (Å²) < 4.78 is 0. The van der Waals surface area contributed by atoms with E-state index in [0.29, 0.717) is 0 Å². The van der Waals surface area contributed by atoms with E-state index in [1.165, 1.54) is 34.2 Å². The number of rotatable bonds is 4. The van der Waals surface area contributed by atoms with Gasteiger partial charge in [-0.2, -0.15) is 0 Å². The topological polar surface area (TPSA) is 0 Å². The van der Waals surface area contributed by atoms with Gasteiger partial charge in [-0.1, -0.05) is 0 Å². The molecule has 0 rings (SSSR count). The van der Waals surface area contributed by atoms with Crippen LogP contribution in [-0.4, -0.2) is 8.78 Å². The Morgan fingerprint density at radius 3 is 2.43 bits per heavy atom. The zero-order valence-corrected chi connectivity index (χ0v) is 5.54. The molecule has 0 heterocycles. The summed E-state index contributed by atoms with van der Waals surface area (Å²) in [6.07, 6.45) is 5.65. The van der Waals surface area contributed by atoms with Crippen molar-refractivity contribution in [1.29, 1.82) is 0 Å². The molecule has 0 aromatic rings. The molecule has 0 saturated carbocycles. The van der Waals surface area contributed by atoms with Gasteiger partial charge in [0.2, 0.25) is 0 Å². The van der Waals surface area contributed by atoms with Gasteiger partial charge in [-0.05, 0) is 0 Å². The second-order valence-electron chi connectivity index (χ2n) is 2.06. The maximum atomic E-state index is 2.25. The van der Waals surface area contributed by atoms with Crippen LogP contribution in [0, 0.1) is 0 Å². The second kappa shape index (κ2) is 6.17. The van der Waals surface area contributed by atoms with Crippen LogP contribution in [0.15, 0.2) is 0 Å². The Balaban J connectivity index is 2.45. The summed E-state index contributed by atoms with van der Waals surface area (Å²) >= 11 is 0. The van der Waals surface area contributed by atoms with Crippen molar-refractivity contribution in [3.05, 3.63) is 0 Å². The summed E-state index contributed by atoms with van der Waals surface area (Å²) in [6.45, 7) is 4.49. The van der Waals surface area contributed by atoms with Gasteiger partial charge < -0.3 is 0 Å². The minimum absolute atomic E-state index is 1.36. The van der Waals surface area contributed by atoms with E-state index < -0.39 is 0 Å². The van der Waals surface area contributed by atoms with Crippen LogP contribution in [0.3, 0.4) is 0 Å². The molecule has 40 valence electrons. The van der Waals surface area contributed by atoms with Gasteiger partial charge in [0.1, 0.15) is 0 Å². The first kappa shape index (κ1) is 7.17. The van der Waals surface area contributed by atoms with E-state index in [4.69, 9.17) is 0 Å². The molecular formula is C6H14Be. The van der Waals surface area contributed by atoms with E-state index in [-0.39, 0.29) is 0 Å². The molecule has 0 aliphatic heterocycles. The Labute approximate surface area is 48.6 Å². The Morgan fingerprint density at radius 2 is 2.00 bits per heavy atom. The summed E-state index contributed by atoms with van der Waals surface area (Å²) in [5.41, 5.74) is 0. The first-order chi connectivity index (χ1) is 3.41. The zero-order chi connectivity index (χ0) is 5.54. The average molecular weight is 95.2 g/mol. The fourth-order valence-corrected chi connectivity index (χ4v) is 0.677. The van der Waals surface area contributed by atoms with Gasteiger partial charge in [0.25, 0.3) is 0 Å². The summed E-state index contributed by atoms with van der Waals surface area (Å²) in [6, 6.07) is 0. The third-order valence-electron chi connectivity index (χ3n) is 1.21. The number of hydrogen-bond acceptors (Lipinski definition) is 0. The van der Waals surface area contributed by atoms with Crippen LogP contribution in [-0.2, 0) is 0 Å². The molecule has 0 aliphatic carbocycles. The van der Waals surface area contributed by atoms with Crippen molar-refractivity contribution in [3.63, 3.8) is 0 Å². The fourth-order valence-electron chi connectivity index (χ4n) is 0.677. The van der Waals surface area contributed by atoms with Crippen LogP contribution in [0.4, 0.5) is 0 Å². The van der Waals surface area contributed by atoms with Crippen molar-refractivity contribution in [2.45, 2.75) is 39.0 Å². The molecule has 0 saturated heterocycles. The van der Waals surface area contributed by atoms with Crippen molar-refractivity contribution in [3.8, 4) is 0 Å². The van der Waals surface area contributed by atoms with Crippen LogP contribution in [0.25, 0.3) is 0 Å². The molecule has 0 spiro atoms. The fraction of sp³-hybridized carbons (Fsp3) is 1.00. The first-order valence-electron chi connectivity index (χ1n) is 3.41. The van der Waals surface area contributed by atoms with Gasteiger partial charge in [-0.3, -0.25) is 0 Å². The third-order valence-corrected chi connectivity index (χ3v) is 1.21. The SMILES string of the molecule is [CH3][Be][CH2]CCCC. The predicted molar refractivity (Wildman–Crippen MR) is 35.9 cm³/mol. The first-order valence-corrected chi connectivity index (χ1v) is 3.41. The Morgan fingerprint density at radius 1 is 1.29 bits per heavy atom. The molecular weight excluding hydrogens is 81.1 g/mol. The molecule has 0 unspecified atom stereocenters. The van der Waals surface area contributed by atoms with Crippen LogP contribution in [0.1, 0.15) is 26.2 Å². The molecule has 7 heavy (non-hydrogen) atoms. The minimum atomic E-state index is 1.36. The predicted octanol–water partition coefficient (Wildman–Crippen LogP) is 2.35. The van der Waals surface area contributed by atoms with Crippen molar-refractivity contribution < 1.29 is 0 Å². The summed E-state index contributed by atoms with van der Waals surface area (Å²) in [7, 11) is 1.36. The van der Waals surface area contributed by atoms with Gasteiger partial charge >= 0.3 is 47.7 Å². The Bertz CT molecular complexity index is 23.4. The summed E-state index contributed by atoms with van der Waals surface area (Å²) in [5, 5.41) is 0. The average Bonchev–Trinajstić information content (AvgIpc) is 1.69. The van der Waals surface area contributed by atoms with Crippen LogP contribution < -0.4 is 0 Å². The Hall–Kier alpha value is 0.169. The monoisotopic (exact) mass is 95.1 g/mol. The third kappa shape index (κ3) is 6.17. The summed E-state index contributed by atoms with van der Waals surface area (Å²) in [5.74, 6) is 0. The molecule has 0 atom stereocenters. The molecule has 0 aromatic heterocycles. The number of unbranched alkanes of at least 4 members (excludes halogenated alkanes) is 2. The van der Waals surface area contributed by atoms with Gasteiger partial charge in [-0.15, -0.1) is 0 Å². The van der Waals surface area contributed by atoms with E-state index >= 15 is 0 Å². The molecule has 0 nitrogen and oxygen atoms in total.